The Morgan fingerprint density at radius 3 is 1.67 bits per heavy atom. The molecule has 0 atom stereocenters. The third-order valence-corrected chi connectivity index (χ3v) is 9.47. The molecule has 10 aromatic rings. The normalized spacial score (nSPS) is 14.3. The summed E-state index contributed by atoms with van der Waals surface area (Å²) in [5.41, 5.74) is 4.85. The number of rotatable bonds is 7. The average Bonchev–Trinajstić information content (AvgIpc) is 3.71. The summed E-state index contributed by atoms with van der Waals surface area (Å²) < 4.78 is 108. The second-order valence-corrected chi connectivity index (χ2v) is 12.7. The van der Waals surface area contributed by atoms with Crippen molar-refractivity contribution in [1.29, 1.82) is 0 Å². The van der Waals surface area contributed by atoms with Crippen LogP contribution in [0.15, 0.2) is 206 Å². The molecule has 0 spiro atoms. The van der Waals surface area contributed by atoms with Crippen LogP contribution in [-0.4, -0.2) is 19.5 Å². The molecule has 8 aromatic carbocycles. The van der Waals surface area contributed by atoms with E-state index in [4.69, 9.17) is 28.7 Å². The number of aromatic nitrogens is 4. The molecule has 0 aliphatic carbocycles. The van der Waals surface area contributed by atoms with E-state index in [0.29, 0.717) is 28.3 Å². The van der Waals surface area contributed by atoms with Gasteiger partial charge in [0.05, 0.1) is 27.5 Å². The largest absolute Gasteiger partial charge is 0.309 e. The van der Waals surface area contributed by atoms with Crippen LogP contribution in [0.5, 0.6) is 0 Å². The van der Waals surface area contributed by atoms with Gasteiger partial charge in [0.15, 0.2) is 17.5 Å². The Morgan fingerprint density at radius 1 is 0.364 bits per heavy atom. The maximum absolute atomic E-state index is 9.58. The Balaban J connectivity index is 1.30. The van der Waals surface area contributed by atoms with Gasteiger partial charge in [-0.05, 0) is 52.0 Å². The van der Waals surface area contributed by atoms with Gasteiger partial charge >= 0.3 is 0 Å². The molecule has 0 unspecified atom stereocenters. The third-order valence-electron chi connectivity index (χ3n) is 9.47. The summed E-state index contributed by atoms with van der Waals surface area (Å²) in [4.78, 5) is 15.1. The first-order chi connectivity index (χ1) is 32.3. The lowest BCUT2D eigenvalue weighted by Gasteiger charge is -2.15. The Bertz CT molecular complexity index is 3630. The summed E-state index contributed by atoms with van der Waals surface area (Å²) in [7, 11) is 0. The first-order valence-corrected chi connectivity index (χ1v) is 17.6. The summed E-state index contributed by atoms with van der Waals surface area (Å²) in [5.74, 6) is 0.780. The van der Waals surface area contributed by atoms with Crippen molar-refractivity contribution in [2.45, 2.75) is 0 Å². The highest BCUT2D eigenvalue weighted by atomic mass is 15.0. The third kappa shape index (κ3) is 5.96. The van der Waals surface area contributed by atoms with Gasteiger partial charge < -0.3 is 4.57 Å². The highest BCUT2D eigenvalue weighted by Gasteiger charge is 2.20. The van der Waals surface area contributed by atoms with E-state index in [1.807, 2.05) is 109 Å². The lowest BCUT2D eigenvalue weighted by atomic mass is 9.96. The van der Waals surface area contributed by atoms with Crippen LogP contribution < -0.4 is 0 Å². The molecule has 0 saturated heterocycles. The fraction of sp³-hybridized carbons (Fsp3) is 0. The molecule has 0 saturated carbocycles. The van der Waals surface area contributed by atoms with E-state index < -0.39 is 78.2 Å². The molecule has 2 aromatic heterocycles. The SMILES string of the molecule is [2H]c1c([2H])c([2H])c(-n2c3c([2H])c([2H])c([2H])c([2H])c3c3c([2H])c([2H])c([2H])c(-c4ccccc4-c4nc(-c5ccc(-c6ccccc6)cc5)nc(-c5cccc(-c6ccccc6)c5)n4)c32)c([2H])c1[2H]. The summed E-state index contributed by atoms with van der Waals surface area (Å²) >= 11 is 0. The van der Waals surface area contributed by atoms with Crippen molar-refractivity contribution in [2.75, 3.05) is 0 Å². The summed E-state index contributed by atoms with van der Waals surface area (Å²) in [6.07, 6.45) is 0. The molecule has 10 rings (SSSR count). The lowest BCUT2D eigenvalue weighted by molar-refractivity contribution is 1.07. The van der Waals surface area contributed by atoms with Gasteiger partial charge in [0, 0.05) is 38.7 Å². The fourth-order valence-electron chi connectivity index (χ4n) is 6.91. The first-order valence-electron chi connectivity index (χ1n) is 23.6. The molecule has 0 fully saturated rings. The monoisotopic (exact) mass is 714 g/mol. The van der Waals surface area contributed by atoms with E-state index in [0.717, 1.165) is 26.8 Å². The molecule has 4 heteroatoms. The number of hydrogen-bond acceptors (Lipinski definition) is 3. The minimum Gasteiger partial charge on any atom is -0.309 e. The van der Waals surface area contributed by atoms with Crippen molar-refractivity contribution in [3.8, 4) is 73.2 Å². The van der Waals surface area contributed by atoms with Crippen LogP contribution in [0.3, 0.4) is 0 Å². The zero-order chi connectivity index (χ0) is 47.0. The second kappa shape index (κ2) is 13.8. The standard InChI is InChI=1S/C51H34N4/c1-4-16-35(17-5-1)37-30-32-38(33-31-37)49-52-50(40-21-14-20-39(34-40)36-18-6-2-7-19-36)54-51(53-49)46-26-11-10-24-42(46)44-27-15-28-45-43-25-12-13-29-47(43)55(48(44)45)41-22-8-3-9-23-41/h1-34H/i3D,8D,9D,12D,13D,15D,22D,23D,25D,27D,28D,29D. The van der Waals surface area contributed by atoms with Crippen LogP contribution in [0, 0.1) is 0 Å². The van der Waals surface area contributed by atoms with Gasteiger partial charge in [-0.1, -0.05) is 182 Å². The van der Waals surface area contributed by atoms with E-state index in [2.05, 4.69) is 0 Å². The Hall–Kier alpha value is -7.43. The summed E-state index contributed by atoms with van der Waals surface area (Å²) in [6, 6.07) is 34.5. The van der Waals surface area contributed by atoms with Crippen molar-refractivity contribution in [3.05, 3.63) is 206 Å². The molecule has 0 amide bonds. The maximum atomic E-state index is 9.58. The number of benzene rings is 8. The number of nitrogens with zero attached hydrogens (tertiary/aromatic N) is 4. The van der Waals surface area contributed by atoms with Gasteiger partial charge in [-0.3, -0.25) is 0 Å². The topological polar surface area (TPSA) is 43.6 Å². The van der Waals surface area contributed by atoms with Crippen LogP contribution in [0.4, 0.5) is 0 Å². The smallest absolute Gasteiger partial charge is 0.164 e. The second-order valence-electron chi connectivity index (χ2n) is 12.7. The van der Waals surface area contributed by atoms with Crippen molar-refractivity contribution in [3.63, 3.8) is 0 Å². The molecule has 0 aliphatic rings. The molecule has 0 bridgehead atoms. The van der Waals surface area contributed by atoms with Crippen LogP contribution in [0.25, 0.3) is 95.0 Å². The van der Waals surface area contributed by atoms with Crippen LogP contribution >= 0.6 is 0 Å². The summed E-state index contributed by atoms with van der Waals surface area (Å²) in [6.45, 7) is 0. The van der Waals surface area contributed by atoms with Crippen LogP contribution in [0.1, 0.15) is 16.4 Å². The lowest BCUT2D eigenvalue weighted by Crippen LogP contribution is -2.02. The zero-order valence-electron chi connectivity index (χ0n) is 41.0. The molecular weight excluding hydrogens is 669 g/mol. The zero-order valence-corrected chi connectivity index (χ0v) is 29.0. The predicted octanol–water partition coefficient (Wildman–Crippen LogP) is 13.0. The Labute approximate surface area is 336 Å². The quantitative estimate of drug-likeness (QED) is 0.165. The highest BCUT2D eigenvalue weighted by Crippen LogP contribution is 2.41. The van der Waals surface area contributed by atoms with Gasteiger partial charge in [-0.2, -0.15) is 0 Å². The summed E-state index contributed by atoms with van der Waals surface area (Å²) in [5, 5.41) is -0.389. The molecule has 258 valence electrons. The Kier molecular flexibility index (Phi) is 5.52. The van der Waals surface area contributed by atoms with E-state index in [9.17, 15) is 2.74 Å². The van der Waals surface area contributed by atoms with Gasteiger partial charge in [0.25, 0.3) is 0 Å². The van der Waals surface area contributed by atoms with E-state index in [-0.39, 0.29) is 38.8 Å². The minimum absolute atomic E-state index is 0.0618. The fourth-order valence-corrected chi connectivity index (χ4v) is 6.91. The molecule has 0 N–H and O–H groups in total. The molecular formula is C51H34N4. The maximum Gasteiger partial charge on any atom is 0.164 e. The van der Waals surface area contributed by atoms with E-state index in [1.165, 1.54) is 0 Å². The van der Waals surface area contributed by atoms with Crippen molar-refractivity contribution >= 4 is 21.8 Å². The number of fused-ring (bicyclic) bond motifs is 3. The molecule has 2 heterocycles. The highest BCUT2D eigenvalue weighted by molar-refractivity contribution is 6.14. The molecule has 4 nitrogen and oxygen atoms in total. The Morgan fingerprint density at radius 2 is 0.909 bits per heavy atom. The van der Waals surface area contributed by atoms with Gasteiger partial charge in [-0.25, -0.2) is 15.0 Å². The van der Waals surface area contributed by atoms with Crippen molar-refractivity contribution < 1.29 is 16.4 Å². The van der Waals surface area contributed by atoms with E-state index in [1.54, 1.807) is 24.3 Å². The molecule has 55 heavy (non-hydrogen) atoms. The van der Waals surface area contributed by atoms with Crippen molar-refractivity contribution in [2.24, 2.45) is 0 Å². The molecule has 0 radical (unpaired) electrons. The first kappa shape index (κ1) is 21.9. The molecule has 0 aliphatic heterocycles. The van der Waals surface area contributed by atoms with E-state index >= 15 is 0 Å². The van der Waals surface area contributed by atoms with Crippen molar-refractivity contribution in [1.82, 2.24) is 19.5 Å². The number of para-hydroxylation sites is 3. The number of hydrogen-bond donors (Lipinski definition) is 0. The average molecular weight is 715 g/mol. The van der Waals surface area contributed by atoms with Gasteiger partial charge in [0.2, 0.25) is 0 Å². The van der Waals surface area contributed by atoms with Crippen LogP contribution in [0.2, 0.25) is 0 Å². The van der Waals surface area contributed by atoms with Gasteiger partial charge in [-0.15, -0.1) is 0 Å². The minimum atomic E-state index is -0.707. The van der Waals surface area contributed by atoms with Gasteiger partial charge in [0.1, 0.15) is 0 Å². The predicted molar refractivity (Wildman–Crippen MR) is 227 cm³/mol. The van der Waals surface area contributed by atoms with Crippen LogP contribution in [-0.2, 0) is 0 Å².